The molecule has 0 radical (unpaired) electrons. The second-order valence-corrected chi connectivity index (χ2v) is 7.45. The summed E-state index contributed by atoms with van der Waals surface area (Å²) in [4.78, 5) is 17.5. The van der Waals surface area contributed by atoms with E-state index in [0.717, 1.165) is 22.2 Å². The van der Waals surface area contributed by atoms with Crippen LogP contribution in [-0.2, 0) is 5.41 Å². The van der Waals surface area contributed by atoms with Gasteiger partial charge in [0, 0.05) is 11.1 Å². The molecule has 0 unspecified atom stereocenters. The zero-order chi connectivity index (χ0) is 18.9. The Balaban J connectivity index is 2.03. The molecule has 0 bridgehead atoms. The molecule has 3 aromatic rings. The van der Waals surface area contributed by atoms with Crippen molar-refractivity contribution < 1.29 is 9.53 Å². The minimum Gasteiger partial charge on any atom is -0.495 e. The van der Waals surface area contributed by atoms with Crippen LogP contribution in [0.1, 0.15) is 42.4 Å². The van der Waals surface area contributed by atoms with Gasteiger partial charge in [0.25, 0.3) is 5.91 Å². The van der Waals surface area contributed by atoms with Crippen molar-refractivity contribution in [1.82, 2.24) is 4.98 Å². The Labute approximate surface area is 154 Å². The maximum Gasteiger partial charge on any atom is 0.256 e. The van der Waals surface area contributed by atoms with E-state index in [1.54, 1.807) is 7.11 Å². The number of rotatable bonds is 3. The van der Waals surface area contributed by atoms with E-state index >= 15 is 0 Å². The van der Waals surface area contributed by atoms with E-state index in [9.17, 15) is 4.79 Å². The zero-order valence-electron chi connectivity index (χ0n) is 15.9. The molecule has 0 saturated carbocycles. The van der Waals surface area contributed by atoms with Crippen LogP contribution in [0.5, 0.6) is 5.75 Å². The third kappa shape index (κ3) is 3.54. The molecule has 4 nitrogen and oxygen atoms in total. The number of anilines is 1. The summed E-state index contributed by atoms with van der Waals surface area (Å²) in [7, 11) is 1.60. The Kier molecular flexibility index (Phi) is 4.68. The van der Waals surface area contributed by atoms with Gasteiger partial charge in [-0.1, -0.05) is 45.0 Å². The second-order valence-electron chi connectivity index (χ2n) is 7.45. The van der Waals surface area contributed by atoms with Crippen molar-refractivity contribution in [2.75, 3.05) is 12.4 Å². The lowest BCUT2D eigenvalue weighted by Crippen LogP contribution is -2.16. The molecule has 134 valence electrons. The fourth-order valence-electron chi connectivity index (χ4n) is 2.96. The number of hydrogen-bond acceptors (Lipinski definition) is 3. The van der Waals surface area contributed by atoms with Gasteiger partial charge in [-0.15, -0.1) is 0 Å². The molecule has 1 amide bonds. The van der Waals surface area contributed by atoms with Crippen LogP contribution in [-0.4, -0.2) is 18.0 Å². The van der Waals surface area contributed by atoms with Gasteiger partial charge in [-0.3, -0.25) is 9.78 Å². The summed E-state index contributed by atoms with van der Waals surface area (Å²) >= 11 is 0. The van der Waals surface area contributed by atoms with Gasteiger partial charge in [-0.2, -0.15) is 0 Å². The fourth-order valence-corrected chi connectivity index (χ4v) is 2.96. The molecule has 3 rings (SSSR count). The normalized spacial score (nSPS) is 11.4. The van der Waals surface area contributed by atoms with Crippen molar-refractivity contribution in [3.8, 4) is 5.75 Å². The monoisotopic (exact) mass is 348 g/mol. The largest absolute Gasteiger partial charge is 0.495 e. The molecule has 0 spiro atoms. The lowest BCUT2D eigenvalue weighted by atomic mass is 9.87. The van der Waals surface area contributed by atoms with Crippen LogP contribution < -0.4 is 10.1 Å². The third-order valence-electron chi connectivity index (χ3n) is 4.40. The number of nitrogens with zero attached hydrogens (tertiary/aromatic N) is 1. The SMILES string of the molecule is COc1ccc(C(C)(C)C)cc1NC(=O)c1cc(C)nc2ccccc12. The highest BCUT2D eigenvalue weighted by molar-refractivity contribution is 6.12. The summed E-state index contributed by atoms with van der Waals surface area (Å²) in [5, 5.41) is 3.85. The molecule has 0 saturated heterocycles. The number of methoxy groups -OCH3 is 1. The van der Waals surface area contributed by atoms with E-state index in [-0.39, 0.29) is 11.3 Å². The summed E-state index contributed by atoms with van der Waals surface area (Å²) in [6, 6.07) is 15.4. The van der Waals surface area contributed by atoms with Gasteiger partial charge in [0.1, 0.15) is 5.75 Å². The number of hydrogen-bond donors (Lipinski definition) is 1. The smallest absolute Gasteiger partial charge is 0.256 e. The number of nitrogens with one attached hydrogen (secondary N) is 1. The number of amides is 1. The minimum atomic E-state index is -0.170. The number of benzene rings is 2. The highest BCUT2D eigenvalue weighted by atomic mass is 16.5. The second kappa shape index (κ2) is 6.79. The Hall–Kier alpha value is -2.88. The first-order valence-corrected chi connectivity index (χ1v) is 8.66. The van der Waals surface area contributed by atoms with Crippen LogP contribution in [0, 0.1) is 6.92 Å². The number of ether oxygens (including phenoxy) is 1. The lowest BCUT2D eigenvalue weighted by molar-refractivity contribution is 0.102. The quantitative estimate of drug-likeness (QED) is 0.716. The molecular formula is C22H24N2O2. The number of aryl methyl sites for hydroxylation is 1. The average molecular weight is 348 g/mol. The molecule has 0 atom stereocenters. The Morgan fingerprint density at radius 1 is 1.08 bits per heavy atom. The van der Waals surface area contributed by atoms with Crippen molar-refractivity contribution in [1.29, 1.82) is 0 Å². The number of carbonyl (C=O) groups is 1. The number of para-hydroxylation sites is 1. The predicted molar refractivity (Wildman–Crippen MR) is 106 cm³/mol. The van der Waals surface area contributed by atoms with Gasteiger partial charge in [-0.25, -0.2) is 0 Å². The van der Waals surface area contributed by atoms with Crippen molar-refractivity contribution in [3.63, 3.8) is 0 Å². The van der Waals surface area contributed by atoms with E-state index in [1.165, 1.54) is 0 Å². The summed E-state index contributed by atoms with van der Waals surface area (Å²) in [6.07, 6.45) is 0. The summed E-state index contributed by atoms with van der Waals surface area (Å²) in [5.41, 5.74) is 4.01. The minimum absolute atomic E-state index is 0.0221. The van der Waals surface area contributed by atoms with E-state index in [1.807, 2.05) is 55.5 Å². The summed E-state index contributed by atoms with van der Waals surface area (Å²) in [5.74, 6) is 0.470. The predicted octanol–water partition coefficient (Wildman–Crippen LogP) is 5.10. The van der Waals surface area contributed by atoms with Crippen LogP contribution in [0.3, 0.4) is 0 Å². The van der Waals surface area contributed by atoms with E-state index in [2.05, 4.69) is 31.1 Å². The van der Waals surface area contributed by atoms with Crippen LogP contribution in [0.15, 0.2) is 48.5 Å². The van der Waals surface area contributed by atoms with Gasteiger partial charge in [0.2, 0.25) is 0 Å². The molecule has 0 aliphatic heterocycles. The molecule has 0 aliphatic rings. The first-order valence-electron chi connectivity index (χ1n) is 8.66. The van der Waals surface area contributed by atoms with Crippen molar-refractivity contribution in [3.05, 3.63) is 65.4 Å². The first kappa shape index (κ1) is 17.9. The standard InChI is InChI=1S/C22H24N2O2/c1-14-12-17(16-8-6-7-9-18(16)23-14)21(25)24-19-13-15(22(2,3)4)10-11-20(19)26-5/h6-13H,1-5H3,(H,24,25). The maximum absolute atomic E-state index is 13.0. The van der Waals surface area contributed by atoms with Crippen molar-refractivity contribution in [2.24, 2.45) is 0 Å². The number of carbonyl (C=O) groups excluding carboxylic acids is 1. The van der Waals surface area contributed by atoms with Crippen LogP contribution in [0.2, 0.25) is 0 Å². The topological polar surface area (TPSA) is 51.2 Å². The number of pyridine rings is 1. The molecule has 26 heavy (non-hydrogen) atoms. The first-order chi connectivity index (χ1) is 12.3. The van der Waals surface area contributed by atoms with E-state index in [0.29, 0.717) is 17.0 Å². The summed E-state index contributed by atoms with van der Waals surface area (Å²) in [6.45, 7) is 8.31. The van der Waals surface area contributed by atoms with Gasteiger partial charge in [0.05, 0.1) is 23.9 Å². The Morgan fingerprint density at radius 3 is 2.50 bits per heavy atom. The maximum atomic E-state index is 13.0. The van der Waals surface area contributed by atoms with E-state index in [4.69, 9.17) is 4.74 Å². The molecule has 1 heterocycles. The number of fused-ring (bicyclic) bond motifs is 1. The van der Waals surface area contributed by atoms with Gasteiger partial charge < -0.3 is 10.1 Å². The number of aromatic nitrogens is 1. The molecule has 2 aromatic carbocycles. The molecule has 0 aliphatic carbocycles. The lowest BCUT2D eigenvalue weighted by Gasteiger charge is -2.21. The molecule has 1 aromatic heterocycles. The van der Waals surface area contributed by atoms with Crippen LogP contribution >= 0.6 is 0 Å². The Bertz CT molecular complexity index is 972. The van der Waals surface area contributed by atoms with Crippen LogP contribution in [0.4, 0.5) is 5.69 Å². The van der Waals surface area contributed by atoms with E-state index < -0.39 is 0 Å². The highest BCUT2D eigenvalue weighted by Crippen LogP contribution is 2.32. The highest BCUT2D eigenvalue weighted by Gasteiger charge is 2.18. The zero-order valence-corrected chi connectivity index (χ0v) is 15.9. The Morgan fingerprint density at radius 2 is 1.81 bits per heavy atom. The molecular weight excluding hydrogens is 324 g/mol. The fraction of sp³-hybridized carbons (Fsp3) is 0.273. The van der Waals surface area contributed by atoms with Crippen LogP contribution in [0.25, 0.3) is 10.9 Å². The average Bonchev–Trinajstić information content (AvgIpc) is 2.60. The van der Waals surface area contributed by atoms with Gasteiger partial charge >= 0.3 is 0 Å². The molecule has 0 fully saturated rings. The third-order valence-corrected chi connectivity index (χ3v) is 4.40. The van der Waals surface area contributed by atoms with Crippen molar-refractivity contribution >= 4 is 22.5 Å². The van der Waals surface area contributed by atoms with Crippen molar-refractivity contribution in [2.45, 2.75) is 33.1 Å². The summed E-state index contributed by atoms with van der Waals surface area (Å²) < 4.78 is 5.43. The van der Waals surface area contributed by atoms with Gasteiger partial charge in [-0.05, 0) is 42.2 Å². The molecule has 1 N–H and O–H groups in total. The molecule has 4 heteroatoms. The van der Waals surface area contributed by atoms with Gasteiger partial charge in [0.15, 0.2) is 0 Å².